The number of pyridine rings is 1. The Morgan fingerprint density at radius 1 is 1.15 bits per heavy atom. The normalized spacial score (nSPS) is 24.4. The number of halogens is 2. The Hall–Kier alpha value is -2.66. The van der Waals surface area contributed by atoms with E-state index in [0.717, 1.165) is 78.9 Å². The fraction of sp³-hybridized carbons (Fsp3) is 0.613. The molecule has 41 heavy (non-hydrogen) atoms. The van der Waals surface area contributed by atoms with E-state index in [9.17, 15) is 13.9 Å². The van der Waals surface area contributed by atoms with Gasteiger partial charge in [-0.2, -0.15) is 5.10 Å². The zero-order valence-electron chi connectivity index (χ0n) is 24.1. The number of unbranched alkanes of at least 4 members (excludes halogenated alkanes) is 1. The molecule has 222 valence electrons. The Morgan fingerprint density at radius 2 is 2.00 bits per heavy atom. The lowest BCUT2D eigenvalue weighted by atomic mass is 9.84. The predicted molar refractivity (Wildman–Crippen MR) is 155 cm³/mol. The molecule has 3 aliphatic heterocycles. The number of nitrogens with zero attached hydrogens (tertiary/aromatic N) is 5. The van der Waals surface area contributed by atoms with Crippen LogP contribution in [0.2, 0.25) is 0 Å². The number of nitrogens with one attached hydrogen (secondary N) is 1. The summed E-state index contributed by atoms with van der Waals surface area (Å²) in [7, 11) is 0. The molecule has 5 heterocycles. The van der Waals surface area contributed by atoms with Crippen molar-refractivity contribution in [3.63, 3.8) is 0 Å². The number of aliphatic hydroxyl groups is 1. The molecule has 2 fully saturated rings. The maximum absolute atomic E-state index is 14.6. The van der Waals surface area contributed by atoms with Gasteiger partial charge < -0.3 is 15.2 Å². The van der Waals surface area contributed by atoms with Crippen LogP contribution in [0.25, 0.3) is 10.9 Å². The van der Waals surface area contributed by atoms with E-state index in [1.165, 1.54) is 12.8 Å². The number of aliphatic hydroxyl groups excluding tert-OH is 1. The Kier molecular flexibility index (Phi) is 8.27. The highest BCUT2D eigenvalue weighted by molar-refractivity contribution is 5.84. The van der Waals surface area contributed by atoms with Crippen molar-refractivity contribution in [2.24, 2.45) is 0 Å². The number of fused-ring (bicyclic) bond motifs is 3. The summed E-state index contributed by atoms with van der Waals surface area (Å²) in [6, 6.07) is 7.80. The Bertz CT molecular complexity index is 1320. The molecule has 0 aliphatic carbocycles. The van der Waals surface area contributed by atoms with Crippen molar-refractivity contribution in [1.29, 1.82) is 0 Å². The van der Waals surface area contributed by atoms with Crippen molar-refractivity contribution in [3.05, 3.63) is 53.5 Å². The van der Waals surface area contributed by atoms with Crippen LogP contribution in [-0.4, -0.2) is 87.1 Å². The number of aromatic nitrogens is 3. The van der Waals surface area contributed by atoms with Gasteiger partial charge in [-0.1, -0.05) is 19.4 Å². The average molecular weight is 569 g/mol. The minimum atomic E-state index is -3.22. The van der Waals surface area contributed by atoms with Crippen LogP contribution in [0.15, 0.2) is 36.7 Å². The lowest BCUT2D eigenvalue weighted by molar-refractivity contribution is -0.0864. The summed E-state index contributed by atoms with van der Waals surface area (Å²) in [6.07, 6.45) is 9.78. The van der Waals surface area contributed by atoms with E-state index >= 15 is 0 Å². The molecule has 0 spiro atoms. The molecule has 0 radical (unpaired) electrons. The van der Waals surface area contributed by atoms with Crippen LogP contribution in [0.4, 0.5) is 14.5 Å². The zero-order chi connectivity index (χ0) is 28.6. The summed E-state index contributed by atoms with van der Waals surface area (Å²) in [6.45, 7) is 6.38. The first kappa shape index (κ1) is 28.5. The molecule has 3 aliphatic rings. The number of hydrogen-bond donors (Lipinski definition) is 2. The molecule has 1 unspecified atom stereocenters. The quantitative estimate of drug-likeness (QED) is 0.357. The lowest BCUT2D eigenvalue weighted by Gasteiger charge is -2.43. The molecule has 8 nitrogen and oxygen atoms in total. The van der Waals surface area contributed by atoms with Gasteiger partial charge in [-0.3, -0.25) is 14.8 Å². The minimum Gasteiger partial charge on any atom is -0.390 e. The number of likely N-dealkylation sites (tertiary alicyclic amines) is 1. The van der Waals surface area contributed by atoms with Crippen LogP contribution in [0, 0.1) is 0 Å². The average Bonchev–Trinajstić information content (AvgIpc) is 3.40. The van der Waals surface area contributed by atoms with Gasteiger partial charge in [0.2, 0.25) is 0 Å². The highest BCUT2D eigenvalue weighted by Gasteiger charge is 2.41. The van der Waals surface area contributed by atoms with Gasteiger partial charge >= 0.3 is 0 Å². The molecule has 2 saturated heterocycles. The summed E-state index contributed by atoms with van der Waals surface area (Å²) < 4.78 is 37.3. The number of anilines is 1. The molecular formula is C31H42F2N6O2. The summed E-state index contributed by atoms with van der Waals surface area (Å²) in [4.78, 5) is 9.06. The van der Waals surface area contributed by atoms with Gasteiger partial charge in [-0.05, 0) is 74.9 Å². The fourth-order valence-electron chi connectivity index (χ4n) is 6.68. The number of alkyl halides is 2. The van der Waals surface area contributed by atoms with Crippen molar-refractivity contribution in [2.45, 2.75) is 82.6 Å². The molecule has 2 aromatic heterocycles. The second-order valence-corrected chi connectivity index (χ2v) is 12.0. The Morgan fingerprint density at radius 3 is 2.71 bits per heavy atom. The van der Waals surface area contributed by atoms with E-state index in [-0.39, 0.29) is 12.3 Å². The van der Waals surface area contributed by atoms with Crippen LogP contribution in [0.3, 0.4) is 0 Å². The topological polar surface area (TPSA) is 78.7 Å². The molecule has 0 saturated carbocycles. The second-order valence-electron chi connectivity index (χ2n) is 12.0. The van der Waals surface area contributed by atoms with E-state index < -0.39 is 25.1 Å². The smallest absolute Gasteiger partial charge is 0.283 e. The third kappa shape index (κ3) is 5.84. The molecule has 3 atom stereocenters. The van der Waals surface area contributed by atoms with E-state index in [2.05, 4.69) is 17.1 Å². The van der Waals surface area contributed by atoms with Crippen molar-refractivity contribution in [2.75, 3.05) is 44.7 Å². The van der Waals surface area contributed by atoms with Crippen LogP contribution in [-0.2, 0) is 11.2 Å². The Labute approximate surface area is 240 Å². The molecule has 2 N–H and O–H groups in total. The van der Waals surface area contributed by atoms with Crippen molar-refractivity contribution < 1.29 is 18.6 Å². The first-order valence-corrected chi connectivity index (χ1v) is 15.2. The summed E-state index contributed by atoms with van der Waals surface area (Å²) in [5.41, 5.74) is 4.76. The molecule has 3 aromatic rings. The van der Waals surface area contributed by atoms with E-state index in [1.807, 2.05) is 48.3 Å². The summed E-state index contributed by atoms with van der Waals surface area (Å²) in [5.74, 6) is -3.22. The molecular weight excluding hydrogens is 526 g/mol. The van der Waals surface area contributed by atoms with Crippen molar-refractivity contribution >= 4 is 16.6 Å². The number of hydrogen-bond acceptors (Lipinski definition) is 7. The SMILES string of the molecule is CCCCN1CC(Nc2ccc([C@@H]3c4ccc5c(cnn5C5CCCCO5)c4C[C@@H](C)N3CC(F)(F)CO)nc2)C1. The lowest BCUT2D eigenvalue weighted by Crippen LogP contribution is -2.54. The van der Waals surface area contributed by atoms with E-state index in [4.69, 9.17) is 14.8 Å². The molecule has 0 bridgehead atoms. The standard InChI is InChI=1S/C31H42F2N6O2/c1-3-4-12-37-17-23(18-37)36-22-8-10-27(34-15-22)30-24-9-11-28-26(16-35-39(28)29-7-5-6-13-41-29)25(24)14-21(2)38(30)19-31(32,33)20-40/h8-11,15-16,21,23,29-30,36,40H,3-7,12-14,17-20H2,1-2H3/t21-,29?,30+/m1/s1. The molecule has 0 amide bonds. The van der Waals surface area contributed by atoms with Crippen LogP contribution < -0.4 is 5.32 Å². The summed E-state index contributed by atoms with van der Waals surface area (Å²) >= 11 is 0. The number of benzene rings is 1. The van der Waals surface area contributed by atoms with Gasteiger partial charge in [0, 0.05) is 31.1 Å². The first-order chi connectivity index (χ1) is 19.9. The maximum Gasteiger partial charge on any atom is 0.283 e. The second kappa shape index (κ2) is 11.9. The molecule has 10 heteroatoms. The van der Waals surface area contributed by atoms with Crippen molar-refractivity contribution in [3.8, 4) is 0 Å². The monoisotopic (exact) mass is 568 g/mol. The van der Waals surface area contributed by atoms with Gasteiger partial charge in [0.05, 0.1) is 47.9 Å². The van der Waals surface area contributed by atoms with Gasteiger partial charge in [-0.25, -0.2) is 13.5 Å². The first-order valence-electron chi connectivity index (χ1n) is 15.2. The summed E-state index contributed by atoms with van der Waals surface area (Å²) in [5, 5.41) is 18.7. The van der Waals surface area contributed by atoms with Crippen LogP contribution in [0.5, 0.6) is 0 Å². The Balaban J connectivity index is 1.30. The van der Waals surface area contributed by atoms with Gasteiger partial charge in [0.15, 0.2) is 6.23 Å². The van der Waals surface area contributed by atoms with Crippen LogP contribution >= 0.6 is 0 Å². The third-order valence-electron chi connectivity index (χ3n) is 8.92. The molecule has 1 aromatic carbocycles. The van der Waals surface area contributed by atoms with Gasteiger partial charge in [0.25, 0.3) is 5.92 Å². The third-order valence-corrected chi connectivity index (χ3v) is 8.92. The molecule has 6 rings (SSSR count). The highest BCUT2D eigenvalue weighted by atomic mass is 19.3. The largest absolute Gasteiger partial charge is 0.390 e. The highest BCUT2D eigenvalue weighted by Crippen LogP contribution is 2.42. The van der Waals surface area contributed by atoms with Gasteiger partial charge in [0.1, 0.15) is 6.61 Å². The van der Waals surface area contributed by atoms with E-state index in [1.54, 1.807) is 4.90 Å². The minimum absolute atomic E-state index is 0.0769. The van der Waals surface area contributed by atoms with E-state index in [0.29, 0.717) is 12.5 Å². The van der Waals surface area contributed by atoms with Gasteiger partial charge in [-0.15, -0.1) is 0 Å². The van der Waals surface area contributed by atoms with Crippen LogP contribution in [0.1, 0.15) is 75.0 Å². The predicted octanol–water partition coefficient (Wildman–Crippen LogP) is 4.99. The maximum atomic E-state index is 14.6. The zero-order valence-corrected chi connectivity index (χ0v) is 24.1. The number of ether oxygens (including phenoxy) is 1. The van der Waals surface area contributed by atoms with Crippen molar-refractivity contribution in [1.82, 2.24) is 24.6 Å². The number of rotatable bonds is 10. The fourth-order valence-corrected chi connectivity index (χ4v) is 6.68.